The fraction of sp³-hybridized carbons (Fsp3) is 0.244. The molecule has 13 heteroatoms. The number of rotatable bonds is 5. The number of fused-ring (bicyclic) bond motifs is 5. The highest BCUT2D eigenvalue weighted by atomic mass is 35.5. The second-order valence-electron chi connectivity index (χ2n) is 14.4. The molecule has 1 aromatic heterocycles. The first-order valence-corrected chi connectivity index (χ1v) is 18.1. The molecule has 4 aliphatic rings. The van der Waals surface area contributed by atoms with E-state index in [1.54, 1.807) is 37.3 Å². The number of allylic oxidation sites excluding steroid dienone is 2. The Kier molecular flexibility index (Phi) is 7.78. The van der Waals surface area contributed by atoms with Crippen molar-refractivity contribution in [3.05, 3.63) is 112 Å². The number of para-hydroxylation sites is 2. The molecule has 0 unspecified atom stereocenters. The molecule has 0 radical (unpaired) electrons. The second-order valence-corrected chi connectivity index (χ2v) is 15.2. The molecule has 54 heavy (non-hydrogen) atoms. The van der Waals surface area contributed by atoms with Crippen molar-refractivity contribution >= 4 is 69.3 Å². The first-order chi connectivity index (χ1) is 25.9. The first kappa shape index (κ1) is 34.3. The normalized spacial score (nSPS) is 26.2. The molecule has 4 aromatic carbocycles. The van der Waals surface area contributed by atoms with Gasteiger partial charge in [-0.15, -0.1) is 0 Å². The van der Waals surface area contributed by atoms with E-state index < -0.39 is 58.5 Å². The van der Waals surface area contributed by atoms with Crippen molar-refractivity contribution in [2.75, 3.05) is 16.9 Å². The predicted octanol–water partition coefficient (Wildman–Crippen LogP) is 8.09. The number of carbonyl (C=O) groups excluding carboxylic acids is 4. The van der Waals surface area contributed by atoms with Gasteiger partial charge in [0.15, 0.2) is 17.1 Å². The lowest BCUT2D eigenvalue weighted by atomic mass is 9.51. The second kappa shape index (κ2) is 12.3. The van der Waals surface area contributed by atoms with Gasteiger partial charge in [0, 0.05) is 11.5 Å². The molecule has 9 rings (SSSR count). The zero-order valence-electron chi connectivity index (χ0n) is 28.8. The van der Waals surface area contributed by atoms with Crippen LogP contribution in [-0.4, -0.2) is 40.8 Å². The number of halogens is 3. The van der Waals surface area contributed by atoms with Crippen LogP contribution in [0.25, 0.3) is 22.6 Å². The van der Waals surface area contributed by atoms with Gasteiger partial charge in [-0.05, 0) is 98.0 Å². The molecule has 3 heterocycles. The van der Waals surface area contributed by atoms with E-state index in [2.05, 4.69) is 4.98 Å². The highest BCUT2D eigenvalue weighted by molar-refractivity contribution is 6.32. The molecule has 6 atom stereocenters. The summed E-state index contributed by atoms with van der Waals surface area (Å²) in [4.78, 5) is 64.6. The number of carbonyl (C=O) groups is 4. The molecule has 2 aliphatic carbocycles. The molecule has 0 spiro atoms. The van der Waals surface area contributed by atoms with Crippen molar-refractivity contribution in [2.24, 2.45) is 29.1 Å². The number of nitrogens with zero attached hydrogens (tertiary/aromatic N) is 3. The van der Waals surface area contributed by atoms with Gasteiger partial charge >= 0.3 is 0 Å². The largest absolute Gasteiger partial charge is 0.503 e. The number of phenolic OH excluding ortho intramolecular Hbond substituents is 1. The minimum Gasteiger partial charge on any atom is -0.503 e. The molecule has 2 aliphatic heterocycles. The SMILES string of the molecule is COc1cc([C@H]2C3=CC[C@@H]4C(=O)N(c5ccc(-c6nc7ccccc7o6)cc5)C(=O)[C@@H]4[C@@H]3C[C@H]3C(=O)N(c4ccc(F)c(Cl)c4)C(=O)[C@@]23C)cc(Cl)c1O. The van der Waals surface area contributed by atoms with Gasteiger partial charge in [0.05, 0.1) is 51.7 Å². The Balaban J connectivity index is 1.12. The standard InChI is InChI=1S/C41H30Cl2FN3O7/c1-41-26(38(50)47(40(41)52)22-11-14-29(44)27(42)17-22)18-25-23(34(41)20-15-28(43)35(48)32(16-20)53-2)12-13-24-33(25)39(51)46(37(24)49)21-9-7-19(8-10-21)36-45-30-5-3-4-6-31(30)54-36/h3-12,14-17,24-26,33-34,48H,13,18H2,1-2H3/t24-,25+,26-,33-,34-,41+/m0/s1. The maximum absolute atomic E-state index is 14.7. The third kappa shape index (κ3) is 4.80. The van der Waals surface area contributed by atoms with E-state index in [4.69, 9.17) is 32.4 Å². The van der Waals surface area contributed by atoms with Crippen molar-refractivity contribution in [2.45, 2.75) is 25.7 Å². The molecule has 10 nitrogen and oxygen atoms in total. The minimum atomic E-state index is -1.41. The average Bonchev–Trinajstić information content (AvgIpc) is 3.77. The summed E-state index contributed by atoms with van der Waals surface area (Å²) in [6.45, 7) is 1.70. The zero-order chi connectivity index (χ0) is 37.8. The van der Waals surface area contributed by atoms with Crippen LogP contribution in [0.1, 0.15) is 31.2 Å². The maximum atomic E-state index is 14.7. The van der Waals surface area contributed by atoms with E-state index in [-0.39, 0.29) is 46.0 Å². The summed E-state index contributed by atoms with van der Waals surface area (Å²) in [6.07, 6.45) is 2.23. The van der Waals surface area contributed by atoms with Gasteiger partial charge in [0.2, 0.25) is 29.5 Å². The Hall–Kier alpha value is -5.52. The van der Waals surface area contributed by atoms with Crippen LogP contribution in [0.3, 0.4) is 0 Å². The predicted molar refractivity (Wildman–Crippen MR) is 198 cm³/mol. The minimum absolute atomic E-state index is 0.0283. The number of benzene rings is 4. The Morgan fingerprint density at radius 1 is 0.889 bits per heavy atom. The molecule has 2 saturated heterocycles. The third-order valence-electron chi connectivity index (χ3n) is 11.7. The maximum Gasteiger partial charge on any atom is 0.241 e. The Bertz CT molecular complexity index is 2470. The fourth-order valence-corrected chi connectivity index (χ4v) is 9.58. The summed E-state index contributed by atoms with van der Waals surface area (Å²) in [5.41, 5.74) is 2.30. The topological polar surface area (TPSA) is 130 Å². The summed E-state index contributed by atoms with van der Waals surface area (Å²) in [5.74, 6) is -6.28. The molecule has 5 aromatic rings. The van der Waals surface area contributed by atoms with Crippen LogP contribution in [0.5, 0.6) is 11.5 Å². The van der Waals surface area contributed by atoms with Crippen molar-refractivity contribution in [1.29, 1.82) is 0 Å². The number of phenols is 1. The van der Waals surface area contributed by atoms with Gasteiger partial charge in [-0.1, -0.05) is 47.0 Å². The molecule has 1 N–H and O–H groups in total. The summed E-state index contributed by atoms with van der Waals surface area (Å²) in [7, 11) is 1.37. The van der Waals surface area contributed by atoms with E-state index in [0.29, 0.717) is 39.4 Å². The summed E-state index contributed by atoms with van der Waals surface area (Å²) in [5, 5.41) is 10.4. The van der Waals surface area contributed by atoms with E-state index in [9.17, 15) is 28.7 Å². The van der Waals surface area contributed by atoms with Crippen LogP contribution < -0.4 is 14.5 Å². The molecule has 272 valence electrons. The first-order valence-electron chi connectivity index (χ1n) is 17.4. The Labute approximate surface area is 317 Å². The zero-order valence-corrected chi connectivity index (χ0v) is 30.3. The van der Waals surface area contributed by atoms with Crippen LogP contribution in [0.4, 0.5) is 15.8 Å². The Morgan fingerprint density at radius 3 is 2.35 bits per heavy atom. The number of amides is 4. The fourth-order valence-electron chi connectivity index (χ4n) is 9.18. The van der Waals surface area contributed by atoms with Gasteiger partial charge in [-0.2, -0.15) is 0 Å². The number of imide groups is 2. The van der Waals surface area contributed by atoms with Crippen LogP contribution in [0.15, 0.2) is 94.9 Å². The number of hydrogen-bond acceptors (Lipinski definition) is 8. The van der Waals surface area contributed by atoms with E-state index in [1.807, 2.05) is 30.3 Å². The van der Waals surface area contributed by atoms with Gasteiger partial charge in [0.25, 0.3) is 0 Å². The lowest BCUT2D eigenvalue weighted by Gasteiger charge is -2.49. The Morgan fingerprint density at radius 2 is 1.63 bits per heavy atom. The lowest BCUT2D eigenvalue weighted by Crippen LogP contribution is -2.48. The highest BCUT2D eigenvalue weighted by Gasteiger charge is 2.67. The number of methoxy groups -OCH3 is 1. The van der Waals surface area contributed by atoms with Gasteiger partial charge in [-0.3, -0.25) is 24.1 Å². The van der Waals surface area contributed by atoms with Crippen molar-refractivity contribution in [3.63, 3.8) is 0 Å². The van der Waals surface area contributed by atoms with E-state index in [1.165, 1.54) is 30.2 Å². The molecule has 0 bridgehead atoms. The van der Waals surface area contributed by atoms with Gasteiger partial charge in [-0.25, -0.2) is 14.3 Å². The number of aromatic hydroxyl groups is 1. The quantitative estimate of drug-likeness (QED) is 0.140. The molecule has 3 fully saturated rings. The molecule has 4 amide bonds. The van der Waals surface area contributed by atoms with Crippen LogP contribution >= 0.6 is 23.2 Å². The van der Waals surface area contributed by atoms with Crippen molar-refractivity contribution in [1.82, 2.24) is 4.98 Å². The number of anilines is 2. The van der Waals surface area contributed by atoms with E-state index >= 15 is 0 Å². The van der Waals surface area contributed by atoms with Crippen LogP contribution in [0.2, 0.25) is 10.0 Å². The van der Waals surface area contributed by atoms with Gasteiger partial charge < -0.3 is 14.3 Å². The average molecular weight is 767 g/mol. The summed E-state index contributed by atoms with van der Waals surface area (Å²) < 4.78 is 25.6. The molecular formula is C41H30Cl2FN3O7. The van der Waals surface area contributed by atoms with Crippen molar-refractivity contribution < 1.29 is 37.8 Å². The number of ether oxygens (including phenoxy) is 1. The highest BCUT2D eigenvalue weighted by Crippen LogP contribution is 2.64. The lowest BCUT2D eigenvalue weighted by molar-refractivity contribution is -0.131. The number of aromatic nitrogens is 1. The third-order valence-corrected chi connectivity index (χ3v) is 12.3. The molecular weight excluding hydrogens is 736 g/mol. The monoisotopic (exact) mass is 765 g/mol. The van der Waals surface area contributed by atoms with Crippen LogP contribution in [0, 0.1) is 34.9 Å². The summed E-state index contributed by atoms with van der Waals surface area (Å²) in [6, 6.07) is 21.0. The number of hydrogen-bond donors (Lipinski definition) is 1. The van der Waals surface area contributed by atoms with E-state index in [0.717, 1.165) is 11.0 Å². The number of oxazole rings is 1. The molecule has 1 saturated carbocycles. The van der Waals surface area contributed by atoms with Crippen LogP contribution in [-0.2, 0) is 19.2 Å². The van der Waals surface area contributed by atoms with Gasteiger partial charge in [0.1, 0.15) is 11.3 Å². The smallest absolute Gasteiger partial charge is 0.241 e. The summed E-state index contributed by atoms with van der Waals surface area (Å²) >= 11 is 12.6. The van der Waals surface area contributed by atoms with Crippen molar-refractivity contribution in [3.8, 4) is 23.0 Å².